The standard InChI is InChI=1S/C16H21N5O2S2/c1-11-12(2)20-16(17)14-15(11)21(10-18-14)8-4-3-7-19-25(22,23)13-6-5-9-24-13/h5-6,9-10,19H,3-4,7-8H2,1-2H3,(H2,17,20). The number of nitrogens with zero attached hydrogens (tertiary/aromatic N) is 3. The number of rotatable bonds is 7. The normalized spacial score (nSPS) is 12.1. The van der Waals surface area contributed by atoms with Gasteiger partial charge in [-0.1, -0.05) is 6.07 Å². The van der Waals surface area contributed by atoms with Gasteiger partial charge in [-0.15, -0.1) is 11.3 Å². The summed E-state index contributed by atoms with van der Waals surface area (Å²) in [5, 5.41) is 1.75. The van der Waals surface area contributed by atoms with Crippen molar-refractivity contribution >= 4 is 38.2 Å². The molecule has 0 aliphatic carbocycles. The lowest BCUT2D eigenvalue weighted by Crippen LogP contribution is -2.24. The number of sulfonamides is 1. The first-order chi connectivity index (χ1) is 11.9. The monoisotopic (exact) mass is 379 g/mol. The molecule has 7 nitrogen and oxygen atoms in total. The van der Waals surface area contributed by atoms with Crippen LogP contribution in [0.15, 0.2) is 28.0 Å². The van der Waals surface area contributed by atoms with Crippen LogP contribution in [0.2, 0.25) is 0 Å². The highest BCUT2D eigenvalue weighted by atomic mass is 32.2. The van der Waals surface area contributed by atoms with Crippen LogP contribution in [0.4, 0.5) is 5.82 Å². The minimum atomic E-state index is -3.38. The van der Waals surface area contributed by atoms with Crippen LogP contribution in [-0.2, 0) is 16.6 Å². The topological polar surface area (TPSA) is 103 Å². The van der Waals surface area contributed by atoms with Gasteiger partial charge in [-0.05, 0) is 43.7 Å². The molecule has 9 heteroatoms. The number of nitrogens with one attached hydrogen (secondary N) is 1. The van der Waals surface area contributed by atoms with Crippen LogP contribution < -0.4 is 10.5 Å². The molecule has 0 saturated heterocycles. The smallest absolute Gasteiger partial charge is 0.250 e. The molecule has 0 spiro atoms. The summed E-state index contributed by atoms with van der Waals surface area (Å²) in [6.45, 7) is 5.11. The maximum atomic E-state index is 12.0. The first kappa shape index (κ1) is 17.8. The van der Waals surface area contributed by atoms with E-state index in [9.17, 15) is 8.42 Å². The SMILES string of the molecule is Cc1nc(N)c2ncn(CCCCNS(=O)(=O)c3cccs3)c2c1C. The second-order valence-electron chi connectivity index (χ2n) is 5.88. The fourth-order valence-electron chi connectivity index (χ4n) is 2.72. The number of anilines is 1. The Bertz CT molecular complexity index is 978. The fraction of sp³-hybridized carbons (Fsp3) is 0.375. The van der Waals surface area contributed by atoms with Crippen LogP contribution in [0.25, 0.3) is 11.0 Å². The first-order valence-corrected chi connectivity index (χ1v) is 10.4. The molecule has 0 fully saturated rings. The Balaban J connectivity index is 1.59. The van der Waals surface area contributed by atoms with Crippen molar-refractivity contribution < 1.29 is 8.42 Å². The Morgan fingerprint density at radius 1 is 1.32 bits per heavy atom. The molecule has 0 atom stereocenters. The lowest BCUT2D eigenvalue weighted by atomic mass is 10.2. The summed E-state index contributed by atoms with van der Waals surface area (Å²) in [6, 6.07) is 3.34. The summed E-state index contributed by atoms with van der Waals surface area (Å²) in [5.41, 5.74) is 9.64. The van der Waals surface area contributed by atoms with Gasteiger partial charge in [-0.25, -0.2) is 23.1 Å². The van der Waals surface area contributed by atoms with E-state index in [0.717, 1.165) is 41.7 Å². The molecule has 3 aromatic heterocycles. The van der Waals surface area contributed by atoms with Gasteiger partial charge in [0, 0.05) is 18.8 Å². The van der Waals surface area contributed by atoms with Crippen molar-refractivity contribution in [3.05, 3.63) is 35.1 Å². The van der Waals surface area contributed by atoms with Gasteiger partial charge >= 0.3 is 0 Å². The van der Waals surface area contributed by atoms with Gasteiger partial charge in [0.2, 0.25) is 10.0 Å². The Morgan fingerprint density at radius 2 is 2.12 bits per heavy atom. The van der Waals surface area contributed by atoms with Crippen molar-refractivity contribution in [1.29, 1.82) is 0 Å². The maximum absolute atomic E-state index is 12.0. The van der Waals surface area contributed by atoms with E-state index < -0.39 is 10.0 Å². The van der Waals surface area contributed by atoms with Crippen molar-refractivity contribution in [1.82, 2.24) is 19.3 Å². The van der Waals surface area contributed by atoms with E-state index in [2.05, 4.69) is 19.3 Å². The van der Waals surface area contributed by atoms with Crippen LogP contribution in [0.3, 0.4) is 0 Å². The van der Waals surface area contributed by atoms with Gasteiger partial charge in [0.1, 0.15) is 9.73 Å². The van der Waals surface area contributed by atoms with Gasteiger partial charge in [-0.3, -0.25) is 0 Å². The highest BCUT2D eigenvalue weighted by molar-refractivity contribution is 7.91. The zero-order valence-electron chi connectivity index (χ0n) is 14.2. The van der Waals surface area contributed by atoms with E-state index >= 15 is 0 Å². The number of aryl methyl sites for hydroxylation is 3. The molecule has 3 heterocycles. The van der Waals surface area contributed by atoms with E-state index in [1.807, 2.05) is 13.8 Å². The Labute approximate surface area is 151 Å². The summed E-state index contributed by atoms with van der Waals surface area (Å²) >= 11 is 1.22. The number of nitrogens with two attached hydrogens (primary N) is 1. The average molecular weight is 380 g/mol. The molecule has 0 aliphatic rings. The van der Waals surface area contributed by atoms with Crippen LogP contribution in [-0.4, -0.2) is 29.5 Å². The first-order valence-electron chi connectivity index (χ1n) is 8.01. The Morgan fingerprint density at radius 3 is 2.84 bits per heavy atom. The summed E-state index contributed by atoms with van der Waals surface area (Å²) in [4.78, 5) is 8.66. The fourth-order valence-corrected chi connectivity index (χ4v) is 4.83. The summed E-state index contributed by atoms with van der Waals surface area (Å²) < 4.78 is 29.1. The van der Waals surface area contributed by atoms with Gasteiger partial charge < -0.3 is 10.3 Å². The third-order valence-electron chi connectivity index (χ3n) is 4.14. The molecule has 134 valence electrons. The maximum Gasteiger partial charge on any atom is 0.250 e. The van der Waals surface area contributed by atoms with Crippen molar-refractivity contribution in [2.45, 2.75) is 37.4 Å². The molecule has 0 bridgehead atoms. The van der Waals surface area contributed by atoms with Crippen molar-refractivity contribution in [3.63, 3.8) is 0 Å². The number of fused-ring (bicyclic) bond motifs is 1. The van der Waals surface area contributed by atoms with Gasteiger partial charge in [0.25, 0.3) is 0 Å². The second kappa shape index (κ2) is 7.11. The molecule has 0 saturated carbocycles. The minimum absolute atomic E-state index is 0.349. The molecule has 3 rings (SSSR count). The molecule has 0 amide bonds. The third kappa shape index (κ3) is 3.68. The number of unbranched alkanes of at least 4 members (excludes halogenated alkanes) is 1. The minimum Gasteiger partial charge on any atom is -0.382 e. The number of nitrogen functional groups attached to an aromatic ring is 1. The van der Waals surface area contributed by atoms with Crippen LogP contribution in [0.1, 0.15) is 24.1 Å². The summed E-state index contributed by atoms with van der Waals surface area (Å²) in [6.07, 6.45) is 3.34. The van der Waals surface area contributed by atoms with E-state index in [4.69, 9.17) is 5.73 Å². The van der Waals surface area contributed by atoms with E-state index in [-0.39, 0.29) is 0 Å². The second-order valence-corrected chi connectivity index (χ2v) is 8.82. The highest BCUT2D eigenvalue weighted by Crippen LogP contribution is 2.24. The zero-order valence-corrected chi connectivity index (χ0v) is 15.8. The zero-order chi connectivity index (χ0) is 18.0. The molecule has 3 aromatic rings. The molecule has 0 aromatic carbocycles. The quantitative estimate of drug-likeness (QED) is 0.614. The molecule has 0 unspecified atom stereocenters. The third-order valence-corrected chi connectivity index (χ3v) is 7.00. The number of aromatic nitrogens is 3. The summed E-state index contributed by atoms with van der Waals surface area (Å²) in [5.74, 6) is 0.445. The highest BCUT2D eigenvalue weighted by Gasteiger charge is 2.14. The number of imidazole rings is 1. The average Bonchev–Trinajstić information content (AvgIpc) is 3.22. The van der Waals surface area contributed by atoms with Crippen LogP contribution >= 0.6 is 11.3 Å². The van der Waals surface area contributed by atoms with E-state index in [1.54, 1.807) is 23.8 Å². The molecule has 0 aliphatic heterocycles. The molecule has 3 N–H and O–H groups in total. The van der Waals surface area contributed by atoms with Crippen LogP contribution in [0.5, 0.6) is 0 Å². The Hall–Kier alpha value is -1.97. The lowest BCUT2D eigenvalue weighted by Gasteiger charge is -2.09. The van der Waals surface area contributed by atoms with Crippen molar-refractivity contribution in [2.24, 2.45) is 0 Å². The van der Waals surface area contributed by atoms with Gasteiger partial charge in [-0.2, -0.15) is 0 Å². The predicted octanol–water partition coefficient (Wildman–Crippen LogP) is 2.45. The lowest BCUT2D eigenvalue weighted by molar-refractivity contribution is 0.570. The number of pyridine rings is 1. The number of hydrogen-bond donors (Lipinski definition) is 2. The molecule has 25 heavy (non-hydrogen) atoms. The Kier molecular flexibility index (Phi) is 5.07. The van der Waals surface area contributed by atoms with Gasteiger partial charge in [0.15, 0.2) is 5.82 Å². The van der Waals surface area contributed by atoms with Crippen molar-refractivity contribution in [2.75, 3.05) is 12.3 Å². The summed E-state index contributed by atoms with van der Waals surface area (Å²) in [7, 11) is -3.38. The predicted molar refractivity (Wildman–Crippen MR) is 100 cm³/mol. The largest absolute Gasteiger partial charge is 0.382 e. The molecular formula is C16H21N5O2S2. The molecule has 0 radical (unpaired) electrons. The van der Waals surface area contributed by atoms with E-state index in [0.29, 0.717) is 16.6 Å². The van der Waals surface area contributed by atoms with E-state index in [1.165, 1.54) is 11.3 Å². The number of hydrogen-bond acceptors (Lipinski definition) is 6. The molecular weight excluding hydrogens is 358 g/mol. The van der Waals surface area contributed by atoms with Gasteiger partial charge in [0.05, 0.1) is 11.8 Å². The number of thiophene rings is 1. The van der Waals surface area contributed by atoms with Crippen molar-refractivity contribution in [3.8, 4) is 0 Å². The van der Waals surface area contributed by atoms with Crippen LogP contribution in [0, 0.1) is 13.8 Å².